The monoisotopic (exact) mass is 467 g/mol. The molecule has 2 fully saturated rings. The Kier molecular flexibility index (Phi) is 7.26. The number of para-hydroxylation sites is 1. The van der Waals surface area contributed by atoms with Crippen molar-refractivity contribution >= 4 is 12.0 Å². The number of likely N-dealkylation sites (N-methyl/N-ethyl adjacent to an activating group) is 1. The van der Waals surface area contributed by atoms with Gasteiger partial charge in [0.05, 0.1) is 23.1 Å². The third-order valence-corrected chi connectivity index (χ3v) is 6.68. The number of amides is 2. The lowest BCUT2D eigenvalue weighted by Crippen LogP contribution is -2.48. The fourth-order valence-corrected chi connectivity index (χ4v) is 4.79. The van der Waals surface area contributed by atoms with Gasteiger partial charge in [-0.25, -0.2) is 9.48 Å². The second kappa shape index (κ2) is 10.2. The molecule has 184 valence electrons. The molecular formula is C26H37N5O3. The smallest absolute Gasteiger partial charge is 0.410 e. The average molecular weight is 468 g/mol. The Bertz CT molecular complexity index is 982. The molecule has 8 heteroatoms. The predicted octanol–water partition coefficient (Wildman–Crippen LogP) is 3.76. The summed E-state index contributed by atoms with van der Waals surface area (Å²) in [6.45, 7) is 13.3. The van der Waals surface area contributed by atoms with Crippen LogP contribution in [0.2, 0.25) is 0 Å². The molecule has 2 saturated heterocycles. The normalized spacial score (nSPS) is 18.2. The maximum absolute atomic E-state index is 13.6. The number of rotatable bonds is 4. The van der Waals surface area contributed by atoms with Crippen molar-refractivity contribution < 1.29 is 14.3 Å². The van der Waals surface area contributed by atoms with Crippen molar-refractivity contribution in [2.24, 2.45) is 0 Å². The molecule has 0 saturated carbocycles. The Hall–Kier alpha value is -2.87. The molecular weight excluding hydrogens is 430 g/mol. The third kappa shape index (κ3) is 5.43. The SMILES string of the molecule is CCN1CCN(C(=O)c2cnn(-c3ccccc3)c2C2CCN(C(=O)OC(C)(C)C)CC2)CC1. The number of hydrogen-bond donors (Lipinski definition) is 0. The number of hydrogen-bond acceptors (Lipinski definition) is 5. The molecule has 0 bridgehead atoms. The molecule has 1 aromatic carbocycles. The summed E-state index contributed by atoms with van der Waals surface area (Å²) in [6.07, 6.45) is 2.99. The van der Waals surface area contributed by atoms with Gasteiger partial charge in [-0.2, -0.15) is 5.10 Å². The fourth-order valence-electron chi connectivity index (χ4n) is 4.79. The molecule has 34 heavy (non-hydrogen) atoms. The minimum absolute atomic E-state index is 0.0579. The molecule has 0 radical (unpaired) electrons. The zero-order valence-corrected chi connectivity index (χ0v) is 20.9. The van der Waals surface area contributed by atoms with E-state index >= 15 is 0 Å². The Labute approximate surface area is 202 Å². The number of piperidine rings is 1. The highest BCUT2D eigenvalue weighted by Gasteiger charge is 2.33. The second-order valence-electron chi connectivity index (χ2n) is 10.2. The first kappa shape index (κ1) is 24.3. The van der Waals surface area contributed by atoms with E-state index in [4.69, 9.17) is 4.74 Å². The summed E-state index contributed by atoms with van der Waals surface area (Å²) in [5.41, 5.74) is 2.07. The van der Waals surface area contributed by atoms with Gasteiger partial charge >= 0.3 is 6.09 Å². The number of aromatic nitrogens is 2. The van der Waals surface area contributed by atoms with Gasteiger partial charge < -0.3 is 19.4 Å². The first-order chi connectivity index (χ1) is 16.3. The van der Waals surface area contributed by atoms with E-state index in [0.29, 0.717) is 18.7 Å². The first-order valence-corrected chi connectivity index (χ1v) is 12.4. The highest BCUT2D eigenvalue weighted by atomic mass is 16.6. The van der Waals surface area contributed by atoms with E-state index in [1.165, 1.54) is 0 Å². The average Bonchev–Trinajstić information content (AvgIpc) is 3.28. The van der Waals surface area contributed by atoms with Crippen molar-refractivity contribution in [1.82, 2.24) is 24.5 Å². The van der Waals surface area contributed by atoms with Crippen LogP contribution in [0.15, 0.2) is 36.5 Å². The van der Waals surface area contributed by atoms with Crippen LogP contribution in [0.25, 0.3) is 5.69 Å². The molecule has 8 nitrogen and oxygen atoms in total. The summed E-state index contributed by atoms with van der Waals surface area (Å²) in [5, 5.41) is 4.66. The van der Waals surface area contributed by atoms with Gasteiger partial charge in [-0.1, -0.05) is 25.1 Å². The maximum atomic E-state index is 13.6. The third-order valence-electron chi connectivity index (χ3n) is 6.68. The highest BCUT2D eigenvalue weighted by Crippen LogP contribution is 2.33. The lowest BCUT2D eigenvalue weighted by molar-refractivity contribution is 0.0202. The largest absolute Gasteiger partial charge is 0.444 e. The van der Waals surface area contributed by atoms with Crippen molar-refractivity contribution in [2.45, 2.75) is 52.1 Å². The minimum Gasteiger partial charge on any atom is -0.444 e. The van der Waals surface area contributed by atoms with E-state index in [1.807, 2.05) is 60.7 Å². The molecule has 2 aliphatic rings. The second-order valence-corrected chi connectivity index (χ2v) is 10.2. The van der Waals surface area contributed by atoms with Gasteiger partial charge in [-0.15, -0.1) is 0 Å². The Balaban J connectivity index is 1.56. The number of likely N-dealkylation sites (tertiary alicyclic amines) is 1. The van der Waals surface area contributed by atoms with Crippen molar-refractivity contribution in [3.8, 4) is 5.69 Å². The van der Waals surface area contributed by atoms with Crippen LogP contribution in [0.4, 0.5) is 4.79 Å². The van der Waals surface area contributed by atoms with Crippen LogP contribution in [0.3, 0.4) is 0 Å². The van der Waals surface area contributed by atoms with Crippen LogP contribution in [-0.2, 0) is 4.74 Å². The summed E-state index contributed by atoms with van der Waals surface area (Å²) < 4.78 is 7.48. The number of carbonyl (C=O) groups is 2. The van der Waals surface area contributed by atoms with Crippen LogP contribution < -0.4 is 0 Å². The summed E-state index contributed by atoms with van der Waals surface area (Å²) in [6, 6.07) is 9.97. The lowest BCUT2D eigenvalue weighted by atomic mass is 9.90. The molecule has 2 aliphatic heterocycles. The summed E-state index contributed by atoms with van der Waals surface area (Å²) >= 11 is 0. The molecule has 4 rings (SSSR count). The van der Waals surface area contributed by atoms with Crippen molar-refractivity contribution in [3.63, 3.8) is 0 Å². The Morgan fingerprint density at radius 2 is 1.62 bits per heavy atom. The molecule has 0 aliphatic carbocycles. The van der Waals surface area contributed by atoms with Gasteiger partial charge in [0.15, 0.2) is 0 Å². The van der Waals surface area contributed by atoms with Gasteiger partial charge in [-0.3, -0.25) is 4.79 Å². The van der Waals surface area contributed by atoms with Gasteiger partial charge in [0.25, 0.3) is 5.91 Å². The molecule has 3 heterocycles. The van der Waals surface area contributed by atoms with Gasteiger partial charge in [0, 0.05) is 45.2 Å². The number of carbonyl (C=O) groups excluding carboxylic acids is 2. The predicted molar refractivity (Wildman–Crippen MR) is 131 cm³/mol. The number of piperazine rings is 1. The van der Waals surface area contributed by atoms with E-state index in [9.17, 15) is 9.59 Å². The fraction of sp³-hybridized carbons (Fsp3) is 0.577. The molecule has 0 unspecified atom stereocenters. The van der Waals surface area contributed by atoms with Crippen LogP contribution >= 0.6 is 0 Å². The quantitative estimate of drug-likeness (QED) is 0.685. The number of ether oxygens (including phenoxy) is 1. The van der Waals surface area contributed by atoms with Crippen LogP contribution in [0.5, 0.6) is 0 Å². The summed E-state index contributed by atoms with van der Waals surface area (Å²) in [7, 11) is 0. The van der Waals surface area contributed by atoms with Crippen molar-refractivity contribution in [2.75, 3.05) is 45.8 Å². The zero-order chi connectivity index (χ0) is 24.3. The van der Waals surface area contributed by atoms with Crippen molar-refractivity contribution in [1.29, 1.82) is 0 Å². The van der Waals surface area contributed by atoms with Gasteiger partial charge in [0.2, 0.25) is 0 Å². The molecule has 0 N–H and O–H groups in total. The van der Waals surface area contributed by atoms with E-state index in [2.05, 4.69) is 16.9 Å². The molecule has 0 spiro atoms. The zero-order valence-electron chi connectivity index (χ0n) is 20.9. The number of benzene rings is 1. The topological polar surface area (TPSA) is 70.9 Å². The highest BCUT2D eigenvalue weighted by molar-refractivity contribution is 5.95. The summed E-state index contributed by atoms with van der Waals surface area (Å²) in [4.78, 5) is 32.2. The Morgan fingerprint density at radius 1 is 0.971 bits per heavy atom. The van der Waals surface area contributed by atoms with Crippen LogP contribution in [0, 0.1) is 0 Å². The van der Waals surface area contributed by atoms with Gasteiger partial charge in [0.1, 0.15) is 5.60 Å². The van der Waals surface area contributed by atoms with E-state index < -0.39 is 5.60 Å². The summed E-state index contributed by atoms with van der Waals surface area (Å²) in [5.74, 6) is 0.194. The van der Waals surface area contributed by atoms with Gasteiger partial charge in [-0.05, 0) is 52.3 Å². The lowest BCUT2D eigenvalue weighted by Gasteiger charge is -2.35. The minimum atomic E-state index is -0.513. The van der Waals surface area contributed by atoms with Crippen molar-refractivity contribution in [3.05, 3.63) is 47.8 Å². The van der Waals surface area contributed by atoms with Crippen LogP contribution in [0.1, 0.15) is 62.5 Å². The van der Waals surface area contributed by atoms with Crippen LogP contribution in [-0.4, -0.2) is 87.9 Å². The first-order valence-electron chi connectivity index (χ1n) is 12.4. The Morgan fingerprint density at radius 3 is 2.21 bits per heavy atom. The standard InChI is InChI=1S/C26H37N5O3/c1-5-28-15-17-29(18-16-28)24(32)22-19-27-31(21-9-7-6-8-10-21)23(22)20-11-13-30(14-12-20)25(33)34-26(2,3)4/h6-10,19-20H,5,11-18H2,1-4H3. The number of nitrogens with zero attached hydrogens (tertiary/aromatic N) is 5. The molecule has 1 aromatic heterocycles. The molecule has 2 amide bonds. The van der Waals surface area contributed by atoms with E-state index in [-0.39, 0.29) is 17.9 Å². The molecule has 0 atom stereocenters. The van der Waals surface area contributed by atoms with E-state index in [1.54, 1.807) is 11.1 Å². The maximum Gasteiger partial charge on any atom is 0.410 e. The molecule has 2 aromatic rings. The van der Waals surface area contributed by atoms with E-state index in [0.717, 1.165) is 56.9 Å².